The first-order valence-corrected chi connectivity index (χ1v) is 8.87. The van der Waals surface area contributed by atoms with Crippen molar-refractivity contribution in [1.82, 2.24) is 0 Å². The van der Waals surface area contributed by atoms with Crippen LogP contribution >= 0.6 is 0 Å². The summed E-state index contributed by atoms with van der Waals surface area (Å²) in [7, 11) is 0. The van der Waals surface area contributed by atoms with Crippen molar-refractivity contribution in [1.29, 1.82) is 0 Å². The molecule has 0 fully saturated rings. The van der Waals surface area contributed by atoms with Gasteiger partial charge < -0.3 is 15.6 Å². The van der Waals surface area contributed by atoms with Crippen molar-refractivity contribution < 1.29 is 19.4 Å². The Morgan fingerprint density at radius 1 is 1.09 bits per heavy atom. The molecule has 1 atom stereocenters. The van der Waals surface area contributed by atoms with Crippen LogP contribution in [-0.2, 0) is 14.3 Å². The minimum Gasteiger partial charge on any atom is -0.481 e. The van der Waals surface area contributed by atoms with Gasteiger partial charge >= 0.3 is 11.9 Å². The van der Waals surface area contributed by atoms with Crippen LogP contribution in [0.4, 0.5) is 0 Å². The van der Waals surface area contributed by atoms with Crippen LogP contribution < -0.4 is 5.73 Å². The van der Waals surface area contributed by atoms with Gasteiger partial charge in [-0.2, -0.15) is 0 Å². The van der Waals surface area contributed by atoms with E-state index in [2.05, 4.69) is 6.92 Å². The molecule has 0 radical (unpaired) electrons. The molecule has 0 heterocycles. The number of hydrogen-bond acceptors (Lipinski definition) is 4. The molecule has 1 unspecified atom stereocenters. The molecule has 0 bridgehead atoms. The summed E-state index contributed by atoms with van der Waals surface area (Å²) < 4.78 is 4.92. The number of carboxylic acids is 1. The minimum absolute atomic E-state index is 0.126. The SMILES string of the molecule is CCCCCCCCCCC=CC(CC(=O)O)C(=O)OCCN. The molecule has 0 amide bonds. The zero-order valence-corrected chi connectivity index (χ0v) is 14.5. The molecule has 0 aliphatic heterocycles. The molecule has 0 saturated heterocycles. The quantitative estimate of drug-likeness (QED) is 0.272. The van der Waals surface area contributed by atoms with Crippen LogP contribution in [0.2, 0.25) is 0 Å². The molecule has 5 heteroatoms. The summed E-state index contributed by atoms with van der Waals surface area (Å²) in [6, 6.07) is 0. The second-order valence-electron chi connectivity index (χ2n) is 5.85. The Bertz CT molecular complexity index is 342. The van der Waals surface area contributed by atoms with Crippen molar-refractivity contribution in [2.24, 2.45) is 11.7 Å². The number of rotatable bonds is 15. The largest absolute Gasteiger partial charge is 0.481 e. The molecule has 0 rings (SSSR count). The lowest BCUT2D eigenvalue weighted by Crippen LogP contribution is -2.22. The third-order valence-electron chi connectivity index (χ3n) is 3.65. The number of nitrogens with two attached hydrogens (primary N) is 1. The Morgan fingerprint density at radius 2 is 1.70 bits per heavy atom. The molecule has 5 nitrogen and oxygen atoms in total. The lowest BCUT2D eigenvalue weighted by Gasteiger charge is -2.09. The van der Waals surface area contributed by atoms with Crippen LogP contribution in [0.1, 0.15) is 71.1 Å². The van der Waals surface area contributed by atoms with E-state index in [4.69, 9.17) is 15.6 Å². The molecular weight excluding hydrogens is 294 g/mol. The number of ether oxygens (including phenoxy) is 1. The highest BCUT2D eigenvalue weighted by atomic mass is 16.5. The monoisotopic (exact) mass is 327 g/mol. The van der Waals surface area contributed by atoms with E-state index >= 15 is 0 Å². The molecule has 0 aromatic carbocycles. The van der Waals surface area contributed by atoms with Gasteiger partial charge in [-0.1, -0.05) is 64.0 Å². The molecular formula is C18H33NO4. The normalized spacial score (nSPS) is 12.4. The van der Waals surface area contributed by atoms with Crippen molar-refractivity contribution in [3.05, 3.63) is 12.2 Å². The molecule has 0 aliphatic carbocycles. The first-order valence-electron chi connectivity index (χ1n) is 8.87. The predicted octanol–water partition coefficient (Wildman–Crippen LogP) is 3.67. The van der Waals surface area contributed by atoms with Crippen LogP contribution in [0, 0.1) is 5.92 Å². The fraction of sp³-hybridized carbons (Fsp3) is 0.778. The maximum atomic E-state index is 11.7. The summed E-state index contributed by atoms with van der Waals surface area (Å²) in [5.74, 6) is -2.23. The fourth-order valence-corrected chi connectivity index (χ4v) is 2.34. The summed E-state index contributed by atoms with van der Waals surface area (Å²) in [6.45, 7) is 2.59. The van der Waals surface area contributed by atoms with Gasteiger partial charge in [0.1, 0.15) is 6.61 Å². The number of carbonyl (C=O) groups is 2. The Morgan fingerprint density at radius 3 is 2.26 bits per heavy atom. The Balaban J connectivity index is 3.87. The van der Waals surface area contributed by atoms with Crippen LogP contribution in [-0.4, -0.2) is 30.2 Å². The first-order chi connectivity index (χ1) is 11.1. The summed E-state index contributed by atoms with van der Waals surface area (Å²) >= 11 is 0. The molecule has 0 aromatic rings. The van der Waals surface area contributed by atoms with Gasteiger partial charge in [0.05, 0.1) is 12.3 Å². The lowest BCUT2D eigenvalue weighted by atomic mass is 10.0. The van der Waals surface area contributed by atoms with E-state index in [1.165, 1.54) is 44.9 Å². The lowest BCUT2D eigenvalue weighted by molar-refractivity contribution is -0.150. The highest BCUT2D eigenvalue weighted by Gasteiger charge is 2.19. The van der Waals surface area contributed by atoms with Crippen molar-refractivity contribution in [3.63, 3.8) is 0 Å². The molecule has 0 aromatic heterocycles. The maximum Gasteiger partial charge on any atom is 0.313 e. The van der Waals surface area contributed by atoms with Gasteiger partial charge in [-0.3, -0.25) is 9.59 Å². The summed E-state index contributed by atoms with van der Waals surface area (Å²) in [6.07, 6.45) is 14.2. The third kappa shape index (κ3) is 14.0. The first kappa shape index (κ1) is 21.6. The fourth-order valence-electron chi connectivity index (χ4n) is 2.34. The van der Waals surface area contributed by atoms with Gasteiger partial charge in [-0.05, 0) is 12.8 Å². The van der Waals surface area contributed by atoms with Crippen LogP contribution in [0.3, 0.4) is 0 Å². The number of hydrogen-bond donors (Lipinski definition) is 2. The van der Waals surface area contributed by atoms with E-state index < -0.39 is 17.9 Å². The molecule has 0 saturated carbocycles. The van der Waals surface area contributed by atoms with Crippen LogP contribution in [0.15, 0.2) is 12.2 Å². The molecule has 3 N–H and O–H groups in total. The van der Waals surface area contributed by atoms with Gasteiger partial charge in [-0.25, -0.2) is 0 Å². The zero-order valence-electron chi connectivity index (χ0n) is 14.5. The Kier molecular flexibility index (Phi) is 14.6. The van der Waals surface area contributed by atoms with E-state index in [0.29, 0.717) is 0 Å². The number of allylic oxidation sites excluding steroid dienone is 1. The van der Waals surface area contributed by atoms with E-state index in [1.54, 1.807) is 6.08 Å². The number of unbranched alkanes of at least 4 members (excludes halogenated alkanes) is 8. The summed E-state index contributed by atoms with van der Waals surface area (Å²) in [4.78, 5) is 22.5. The molecule has 0 aliphatic rings. The van der Waals surface area contributed by atoms with Crippen molar-refractivity contribution >= 4 is 11.9 Å². The van der Waals surface area contributed by atoms with Crippen molar-refractivity contribution in [2.75, 3.05) is 13.2 Å². The number of esters is 1. The number of carboxylic acid groups (broad SMARTS) is 1. The van der Waals surface area contributed by atoms with Gasteiger partial charge in [0.25, 0.3) is 0 Å². The highest BCUT2D eigenvalue weighted by molar-refractivity contribution is 5.80. The second-order valence-corrected chi connectivity index (χ2v) is 5.85. The molecule has 23 heavy (non-hydrogen) atoms. The van der Waals surface area contributed by atoms with E-state index in [1.807, 2.05) is 6.08 Å². The Hall–Kier alpha value is -1.36. The standard InChI is InChI=1S/C18H33NO4/c1-2-3-4-5-6-7-8-9-10-11-12-16(15-17(20)21)18(22)23-14-13-19/h11-12,16H,2-10,13-15,19H2,1H3,(H,20,21). The topological polar surface area (TPSA) is 89.6 Å². The van der Waals surface area contributed by atoms with Gasteiger partial charge in [0, 0.05) is 6.54 Å². The number of aliphatic carboxylic acids is 1. The second kappa shape index (κ2) is 15.5. The summed E-state index contributed by atoms with van der Waals surface area (Å²) in [5, 5.41) is 8.85. The predicted molar refractivity (Wildman–Crippen MR) is 92.1 cm³/mol. The van der Waals surface area contributed by atoms with Crippen LogP contribution in [0.25, 0.3) is 0 Å². The van der Waals surface area contributed by atoms with Gasteiger partial charge in [-0.15, -0.1) is 0 Å². The van der Waals surface area contributed by atoms with Gasteiger partial charge in [0.15, 0.2) is 0 Å². The third-order valence-corrected chi connectivity index (χ3v) is 3.65. The average Bonchev–Trinajstić information content (AvgIpc) is 2.52. The van der Waals surface area contributed by atoms with Crippen LogP contribution in [0.5, 0.6) is 0 Å². The Labute approximate surface area is 140 Å². The van der Waals surface area contributed by atoms with E-state index in [9.17, 15) is 9.59 Å². The van der Waals surface area contributed by atoms with Crippen molar-refractivity contribution in [3.8, 4) is 0 Å². The molecule has 0 spiro atoms. The average molecular weight is 327 g/mol. The molecule has 134 valence electrons. The number of carbonyl (C=O) groups excluding carboxylic acids is 1. The smallest absolute Gasteiger partial charge is 0.313 e. The maximum absolute atomic E-state index is 11.7. The zero-order chi connectivity index (χ0) is 17.3. The highest BCUT2D eigenvalue weighted by Crippen LogP contribution is 2.12. The van der Waals surface area contributed by atoms with Crippen molar-refractivity contribution in [2.45, 2.75) is 71.1 Å². The van der Waals surface area contributed by atoms with Gasteiger partial charge in [0.2, 0.25) is 0 Å². The van der Waals surface area contributed by atoms with E-state index in [0.717, 1.165) is 12.8 Å². The summed E-state index contributed by atoms with van der Waals surface area (Å²) in [5.41, 5.74) is 5.27. The van der Waals surface area contributed by atoms with E-state index in [-0.39, 0.29) is 19.6 Å². The minimum atomic E-state index is -1.00.